The lowest BCUT2D eigenvalue weighted by atomic mass is 9.96. The maximum Gasteiger partial charge on any atom is 0.254 e. The predicted octanol–water partition coefficient (Wildman–Crippen LogP) is 2.63. The number of carbonyl (C=O) groups is 1. The van der Waals surface area contributed by atoms with Gasteiger partial charge < -0.3 is 20.3 Å². The average molecular weight is 352 g/mol. The number of carbonyl (C=O) groups excluding carboxylic acids is 1. The second kappa shape index (κ2) is 7.05. The molecule has 1 atom stereocenters. The summed E-state index contributed by atoms with van der Waals surface area (Å²) in [4.78, 5) is 19.1. The minimum atomic E-state index is -0.0312. The van der Waals surface area contributed by atoms with E-state index in [1.54, 1.807) is 0 Å². The maximum atomic E-state index is 12.1. The molecule has 3 heterocycles. The molecule has 6 nitrogen and oxygen atoms in total. The summed E-state index contributed by atoms with van der Waals surface area (Å²) in [5.41, 5.74) is 4.87. The van der Waals surface area contributed by atoms with Crippen LogP contribution in [-0.4, -0.2) is 43.1 Å². The molecule has 0 bridgehead atoms. The summed E-state index contributed by atoms with van der Waals surface area (Å²) in [6.45, 7) is 2.94. The number of aromatic nitrogens is 1. The van der Waals surface area contributed by atoms with Crippen molar-refractivity contribution in [1.29, 1.82) is 0 Å². The summed E-state index contributed by atoms with van der Waals surface area (Å²) in [6, 6.07) is 10.0. The minimum Gasteiger partial charge on any atom is -0.381 e. The third kappa shape index (κ3) is 3.30. The molecule has 26 heavy (non-hydrogen) atoms. The molecule has 2 aliphatic rings. The zero-order chi connectivity index (χ0) is 18.1. The van der Waals surface area contributed by atoms with Crippen LogP contribution >= 0.6 is 0 Å². The fourth-order valence-electron chi connectivity index (χ4n) is 3.68. The van der Waals surface area contributed by atoms with Gasteiger partial charge in [-0.15, -0.1) is 0 Å². The van der Waals surface area contributed by atoms with Crippen LogP contribution in [0.2, 0.25) is 0 Å². The molecule has 0 aliphatic carbocycles. The van der Waals surface area contributed by atoms with E-state index in [1.165, 1.54) is 5.56 Å². The standard InChI is InChI=1S/C20H24N4O2/c1-24(2)11-17-15(14-8-9-26-12-14)6-7-18(23-17)22-16-5-3-4-13-10-21-20(25)19(13)16/h3-7,14H,8-12H2,1-2H3,(H,21,25)(H,22,23)/t14-/m1/s1. The Balaban J connectivity index is 1.65. The lowest BCUT2D eigenvalue weighted by Crippen LogP contribution is -2.16. The first-order chi connectivity index (χ1) is 12.6. The van der Waals surface area contributed by atoms with Gasteiger partial charge in [-0.05, 0) is 43.8 Å². The number of hydrogen-bond acceptors (Lipinski definition) is 5. The lowest BCUT2D eigenvalue weighted by molar-refractivity contribution is 0.0966. The highest BCUT2D eigenvalue weighted by Crippen LogP contribution is 2.31. The number of pyridine rings is 1. The van der Waals surface area contributed by atoms with E-state index < -0.39 is 0 Å². The van der Waals surface area contributed by atoms with E-state index in [4.69, 9.17) is 9.72 Å². The van der Waals surface area contributed by atoms with Gasteiger partial charge in [0, 0.05) is 25.6 Å². The van der Waals surface area contributed by atoms with Crippen LogP contribution in [0.1, 0.15) is 39.5 Å². The molecule has 1 fully saturated rings. The molecule has 0 spiro atoms. The van der Waals surface area contributed by atoms with E-state index in [0.29, 0.717) is 12.5 Å². The molecule has 2 N–H and O–H groups in total. The summed E-state index contributed by atoms with van der Waals surface area (Å²) in [7, 11) is 4.09. The lowest BCUT2D eigenvalue weighted by Gasteiger charge is -2.18. The smallest absolute Gasteiger partial charge is 0.254 e. The maximum absolute atomic E-state index is 12.1. The van der Waals surface area contributed by atoms with E-state index in [1.807, 2.05) is 38.4 Å². The quantitative estimate of drug-likeness (QED) is 0.866. The fourth-order valence-corrected chi connectivity index (χ4v) is 3.68. The molecule has 4 rings (SSSR count). The monoisotopic (exact) mass is 352 g/mol. The van der Waals surface area contributed by atoms with Crippen molar-refractivity contribution in [3.8, 4) is 0 Å². The Bertz CT molecular complexity index is 829. The number of hydrogen-bond donors (Lipinski definition) is 2. The van der Waals surface area contributed by atoms with E-state index >= 15 is 0 Å². The van der Waals surface area contributed by atoms with Crippen molar-refractivity contribution in [3.63, 3.8) is 0 Å². The van der Waals surface area contributed by atoms with Crippen molar-refractivity contribution in [2.45, 2.75) is 25.4 Å². The van der Waals surface area contributed by atoms with Gasteiger partial charge >= 0.3 is 0 Å². The molecule has 0 radical (unpaired) electrons. The first-order valence-electron chi connectivity index (χ1n) is 9.01. The van der Waals surface area contributed by atoms with E-state index in [2.05, 4.69) is 21.6 Å². The number of nitrogens with zero attached hydrogens (tertiary/aromatic N) is 2. The highest BCUT2D eigenvalue weighted by atomic mass is 16.5. The van der Waals surface area contributed by atoms with Gasteiger partial charge in [-0.3, -0.25) is 4.79 Å². The topological polar surface area (TPSA) is 66.5 Å². The number of rotatable bonds is 5. The second-order valence-electron chi connectivity index (χ2n) is 7.18. The van der Waals surface area contributed by atoms with Crippen LogP contribution in [0, 0.1) is 0 Å². The largest absolute Gasteiger partial charge is 0.381 e. The highest BCUT2D eigenvalue weighted by Gasteiger charge is 2.24. The van der Waals surface area contributed by atoms with E-state index in [-0.39, 0.29) is 5.91 Å². The van der Waals surface area contributed by atoms with Crippen molar-refractivity contribution >= 4 is 17.4 Å². The van der Waals surface area contributed by atoms with E-state index in [9.17, 15) is 4.79 Å². The van der Waals surface area contributed by atoms with Crippen molar-refractivity contribution in [1.82, 2.24) is 15.2 Å². The van der Waals surface area contributed by atoms with Gasteiger partial charge in [-0.25, -0.2) is 4.98 Å². The first-order valence-corrected chi connectivity index (χ1v) is 9.01. The van der Waals surface area contributed by atoms with Crippen molar-refractivity contribution in [3.05, 3.63) is 52.7 Å². The van der Waals surface area contributed by atoms with Crippen LogP contribution in [0.3, 0.4) is 0 Å². The molecule has 1 aromatic carbocycles. The molecule has 0 saturated carbocycles. The minimum absolute atomic E-state index is 0.0312. The molecule has 6 heteroatoms. The number of anilines is 2. The third-order valence-electron chi connectivity index (χ3n) is 4.92. The number of ether oxygens (including phenoxy) is 1. The Morgan fingerprint density at radius 3 is 2.96 bits per heavy atom. The van der Waals surface area contributed by atoms with Crippen LogP contribution in [0.4, 0.5) is 11.5 Å². The molecule has 2 aromatic rings. The van der Waals surface area contributed by atoms with Gasteiger partial charge in [0.2, 0.25) is 0 Å². The summed E-state index contributed by atoms with van der Waals surface area (Å²) < 4.78 is 5.56. The van der Waals surface area contributed by atoms with Gasteiger partial charge in [0.1, 0.15) is 5.82 Å². The average Bonchev–Trinajstić information content (AvgIpc) is 3.26. The Morgan fingerprint density at radius 1 is 1.31 bits per heavy atom. The van der Waals surface area contributed by atoms with Crippen molar-refractivity contribution in [2.24, 2.45) is 0 Å². The van der Waals surface area contributed by atoms with E-state index in [0.717, 1.165) is 54.5 Å². The summed E-state index contributed by atoms with van der Waals surface area (Å²) in [6.07, 6.45) is 1.04. The first kappa shape index (κ1) is 17.0. The van der Waals surface area contributed by atoms with Crippen molar-refractivity contribution < 1.29 is 9.53 Å². The second-order valence-corrected chi connectivity index (χ2v) is 7.18. The molecule has 1 amide bonds. The zero-order valence-electron chi connectivity index (χ0n) is 15.2. The van der Waals surface area contributed by atoms with Gasteiger partial charge in [0.15, 0.2) is 0 Å². The Labute approximate surface area is 153 Å². The van der Waals surface area contributed by atoms with Crippen LogP contribution in [0.15, 0.2) is 30.3 Å². The van der Waals surface area contributed by atoms with Gasteiger partial charge in [-0.2, -0.15) is 0 Å². The fraction of sp³-hybridized carbons (Fsp3) is 0.400. The highest BCUT2D eigenvalue weighted by molar-refractivity contribution is 6.03. The SMILES string of the molecule is CN(C)Cc1nc(Nc2cccc3c2C(=O)NC3)ccc1[C@@H]1CCOC1. The van der Waals surface area contributed by atoms with Crippen LogP contribution in [0.25, 0.3) is 0 Å². The molecule has 1 aromatic heterocycles. The molecular weight excluding hydrogens is 328 g/mol. The molecule has 136 valence electrons. The Kier molecular flexibility index (Phi) is 4.61. The molecule has 1 saturated heterocycles. The number of amides is 1. The Hall–Kier alpha value is -2.44. The van der Waals surface area contributed by atoms with Crippen LogP contribution < -0.4 is 10.6 Å². The van der Waals surface area contributed by atoms with Gasteiger partial charge in [0.25, 0.3) is 5.91 Å². The normalized spacial score (nSPS) is 18.9. The summed E-state index contributed by atoms with van der Waals surface area (Å²) in [5.74, 6) is 1.15. The number of fused-ring (bicyclic) bond motifs is 1. The van der Waals surface area contributed by atoms with Crippen LogP contribution in [-0.2, 0) is 17.8 Å². The zero-order valence-corrected chi connectivity index (χ0v) is 15.2. The van der Waals surface area contributed by atoms with Gasteiger partial charge in [0.05, 0.1) is 23.6 Å². The predicted molar refractivity (Wildman–Crippen MR) is 101 cm³/mol. The van der Waals surface area contributed by atoms with Crippen molar-refractivity contribution in [2.75, 3.05) is 32.6 Å². The third-order valence-corrected chi connectivity index (χ3v) is 4.92. The Morgan fingerprint density at radius 2 is 2.19 bits per heavy atom. The summed E-state index contributed by atoms with van der Waals surface area (Å²) >= 11 is 0. The number of nitrogens with one attached hydrogen (secondary N) is 2. The van der Waals surface area contributed by atoms with Gasteiger partial charge in [-0.1, -0.05) is 18.2 Å². The summed E-state index contributed by atoms with van der Waals surface area (Å²) in [5, 5.41) is 6.22. The molecule has 2 aliphatic heterocycles. The molecule has 0 unspecified atom stereocenters. The number of benzene rings is 1. The molecular formula is C20H24N4O2. The van der Waals surface area contributed by atoms with Crippen LogP contribution in [0.5, 0.6) is 0 Å².